The molecule has 0 spiro atoms. The summed E-state index contributed by atoms with van der Waals surface area (Å²) >= 11 is 11.5. The third-order valence-electron chi connectivity index (χ3n) is 4.51. The second-order valence-electron chi connectivity index (χ2n) is 6.62. The zero-order valence-electron chi connectivity index (χ0n) is 16.6. The summed E-state index contributed by atoms with van der Waals surface area (Å²) in [5, 5.41) is 4.04. The van der Waals surface area contributed by atoms with Crippen LogP contribution in [-0.2, 0) is 13.2 Å². The third-order valence-corrected chi connectivity index (χ3v) is 5.15. The van der Waals surface area contributed by atoms with Crippen LogP contribution in [0.1, 0.15) is 29.2 Å². The molecule has 0 saturated carbocycles. The van der Waals surface area contributed by atoms with E-state index in [1.165, 1.54) is 11.1 Å². The summed E-state index contributed by atoms with van der Waals surface area (Å²) in [7, 11) is 0. The molecule has 0 atom stereocenters. The summed E-state index contributed by atoms with van der Waals surface area (Å²) in [6.07, 6.45) is 0. The fourth-order valence-corrected chi connectivity index (χ4v) is 3.19. The standard InChI is InChI=1S/C24H24ClNO2S/c1-3-27-23-14-19(24(29)26-15-20-7-5-4-6-17(20)2)10-13-22(23)28-16-18-8-11-21(25)12-9-18/h4-14H,3,15-16H2,1-2H3,(H,26,29). The molecule has 0 unspecified atom stereocenters. The molecule has 0 aliphatic heterocycles. The molecule has 1 N–H and O–H groups in total. The maximum atomic E-state index is 5.96. The molecule has 3 aromatic rings. The monoisotopic (exact) mass is 425 g/mol. The Morgan fingerprint density at radius 2 is 1.72 bits per heavy atom. The van der Waals surface area contributed by atoms with E-state index in [1.807, 2.05) is 61.5 Å². The van der Waals surface area contributed by atoms with Gasteiger partial charge in [-0.3, -0.25) is 0 Å². The molecule has 3 aromatic carbocycles. The largest absolute Gasteiger partial charge is 0.490 e. The Balaban J connectivity index is 1.68. The van der Waals surface area contributed by atoms with Crippen molar-refractivity contribution in [3.8, 4) is 11.5 Å². The number of rotatable bonds is 8. The van der Waals surface area contributed by atoms with Crippen molar-refractivity contribution in [3.05, 3.63) is 94.0 Å². The Labute approximate surface area is 182 Å². The first kappa shape index (κ1) is 21.2. The van der Waals surface area contributed by atoms with Crippen molar-refractivity contribution in [2.75, 3.05) is 6.61 Å². The number of ether oxygens (including phenoxy) is 2. The number of hydrogen-bond acceptors (Lipinski definition) is 3. The summed E-state index contributed by atoms with van der Waals surface area (Å²) in [6, 6.07) is 21.6. The minimum atomic E-state index is 0.437. The van der Waals surface area contributed by atoms with Crippen LogP contribution in [0.3, 0.4) is 0 Å². The van der Waals surface area contributed by atoms with Gasteiger partial charge in [0.05, 0.1) is 6.61 Å². The Kier molecular flexibility index (Phi) is 7.50. The van der Waals surface area contributed by atoms with Gasteiger partial charge in [-0.25, -0.2) is 0 Å². The number of thiocarbonyl (C=S) groups is 1. The number of benzene rings is 3. The molecule has 0 saturated heterocycles. The molecule has 0 aliphatic rings. The van der Waals surface area contributed by atoms with Crippen LogP contribution in [0.15, 0.2) is 66.7 Å². The van der Waals surface area contributed by atoms with E-state index < -0.39 is 0 Å². The number of hydrogen-bond donors (Lipinski definition) is 1. The normalized spacial score (nSPS) is 10.4. The highest BCUT2D eigenvalue weighted by atomic mass is 35.5. The van der Waals surface area contributed by atoms with Crippen molar-refractivity contribution < 1.29 is 9.47 Å². The van der Waals surface area contributed by atoms with Crippen molar-refractivity contribution in [2.24, 2.45) is 0 Å². The first-order chi connectivity index (χ1) is 14.1. The van der Waals surface area contributed by atoms with Gasteiger partial charge in [0.25, 0.3) is 0 Å². The third kappa shape index (κ3) is 5.96. The van der Waals surface area contributed by atoms with Gasteiger partial charge in [0.15, 0.2) is 11.5 Å². The van der Waals surface area contributed by atoms with Crippen molar-refractivity contribution in [2.45, 2.75) is 27.0 Å². The lowest BCUT2D eigenvalue weighted by molar-refractivity contribution is 0.269. The molecule has 3 nitrogen and oxygen atoms in total. The second kappa shape index (κ2) is 10.3. The van der Waals surface area contributed by atoms with Gasteiger partial charge in [-0.1, -0.05) is 60.2 Å². The smallest absolute Gasteiger partial charge is 0.161 e. The molecule has 0 amide bonds. The highest BCUT2D eigenvalue weighted by Gasteiger charge is 2.10. The van der Waals surface area contributed by atoms with E-state index in [-0.39, 0.29) is 0 Å². The Morgan fingerprint density at radius 1 is 0.966 bits per heavy atom. The lowest BCUT2D eigenvalue weighted by atomic mass is 10.1. The van der Waals surface area contributed by atoms with Gasteiger partial charge in [-0.05, 0) is 60.9 Å². The predicted octanol–water partition coefficient (Wildman–Crippen LogP) is 6.09. The van der Waals surface area contributed by atoms with Crippen LogP contribution in [0.5, 0.6) is 11.5 Å². The SMILES string of the molecule is CCOc1cc(C(=S)NCc2ccccc2C)ccc1OCc1ccc(Cl)cc1. The molecule has 5 heteroatoms. The molecule has 3 rings (SSSR count). The zero-order valence-corrected chi connectivity index (χ0v) is 18.1. The van der Waals surface area contributed by atoms with Gasteiger partial charge in [0.2, 0.25) is 0 Å². The second-order valence-corrected chi connectivity index (χ2v) is 7.46. The molecular weight excluding hydrogens is 402 g/mol. The van der Waals surface area contributed by atoms with Gasteiger partial charge in [-0.15, -0.1) is 0 Å². The van der Waals surface area contributed by atoms with E-state index in [1.54, 1.807) is 0 Å². The molecule has 0 fully saturated rings. The van der Waals surface area contributed by atoms with Crippen LogP contribution < -0.4 is 14.8 Å². The highest BCUT2D eigenvalue weighted by molar-refractivity contribution is 7.80. The van der Waals surface area contributed by atoms with E-state index in [0.29, 0.717) is 41.3 Å². The average molecular weight is 426 g/mol. The molecule has 0 bridgehead atoms. The van der Waals surface area contributed by atoms with Crippen LogP contribution in [0, 0.1) is 6.92 Å². The summed E-state index contributed by atoms with van der Waals surface area (Å²) in [6.45, 7) is 5.71. The maximum absolute atomic E-state index is 5.96. The molecule has 0 heterocycles. The fourth-order valence-electron chi connectivity index (χ4n) is 2.86. The summed E-state index contributed by atoms with van der Waals surface area (Å²) in [5.74, 6) is 1.37. The molecular formula is C24H24ClNO2S. The van der Waals surface area contributed by atoms with Crippen molar-refractivity contribution >= 4 is 28.8 Å². The molecule has 150 valence electrons. The molecule has 0 radical (unpaired) electrons. The number of nitrogens with one attached hydrogen (secondary N) is 1. The van der Waals surface area contributed by atoms with Crippen LogP contribution in [-0.4, -0.2) is 11.6 Å². The Hall–Kier alpha value is -2.56. The van der Waals surface area contributed by atoms with Crippen molar-refractivity contribution in [3.63, 3.8) is 0 Å². The van der Waals surface area contributed by atoms with Crippen molar-refractivity contribution in [1.82, 2.24) is 5.32 Å². The fraction of sp³-hybridized carbons (Fsp3) is 0.208. The first-order valence-electron chi connectivity index (χ1n) is 9.53. The highest BCUT2D eigenvalue weighted by Crippen LogP contribution is 2.29. The average Bonchev–Trinajstić information content (AvgIpc) is 2.73. The van der Waals surface area contributed by atoms with Gasteiger partial charge in [0, 0.05) is 17.1 Å². The van der Waals surface area contributed by atoms with Crippen molar-refractivity contribution in [1.29, 1.82) is 0 Å². The summed E-state index contributed by atoms with van der Waals surface area (Å²) in [4.78, 5) is 0.679. The van der Waals surface area contributed by atoms with Crippen LogP contribution in [0.2, 0.25) is 5.02 Å². The van der Waals surface area contributed by atoms with E-state index >= 15 is 0 Å². The van der Waals surface area contributed by atoms with E-state index in [4.69, 9.17) is 33.3 Å². The van der Waals surface area contributed by atoms with Gasteiger partial charge >= 0.3 is 0 Å². The quantitative estimate of drug-likeness (QED) is 0.442. The minimum Gasteiger partial charge on any atom is -0.490 e. The molecule has 29 heavy (non-hydrogen) atoms. The first-order valence-corrected chi connectivity index (χ1v) is 10.3. The van der Waals surface area contributed by atoms with Gasteiger partial charge in [0.1, 0.15) is 11.6 Å². The number of aryl methyl sites for hydroxylation is 1. The molecule has 0 aliphatic carbocycles. The lowest BCUT2D eigenvalue weighted by Crippen LogP contribution is -2.22. The minimum absolute atomic E-state index is 0.437. The lowest BCUT2D eigenvalue weighted by Gasteiger charge is -2.15. The van der Waals surface area contributed by atoms with Crippen LogP contribution in [0.25, 0.3) is 0 Å². The van der Waals surface area contributed by atoms with Gasteiger partial charge < -0.3 is 14.8 Å². The molecule has 0 aromatic heterocycles. The van der Waals surface area contributed by atoms with Gasteiger partial charge in [-0.2, -0.15) is 0 Å². The van der Waals surface area contributed by atoms with E-state index in [2.05, 4.69) is 24.4 Å². The van der Waals surface area contributed by atoms with Crippen LogP contribution >= 0.6 is 23.8 Å². The summed E-state index contributed by atoms with van der Waals surface area (Å²) in [5.41, 5.74) is 4.40. The zero-order chi connectivity index (χ0) is 20.6. The predicted molar refractivity (Wildman–Crippen MR) is 123 cm³/mol. The topological polar surface area (TPSA) is 30.5 Å². The summed E-state index contributed by atoms with van der Waals surface area (Å²) < 4.78 is 11.7. The van der Waals surface area contributed by atoms with E-state index in [9.17, 15) is 0 Å². The Morgan fingerprint density at radius 3 is 2.45 bits per heavy atom. The maximum Gasteiger partial charge on any atom is 0.161 e. The number of halogens is 1. The van der Waals surface area contributed by atoms with E-state index in [0.717, 1.165) is 11.1 Å². The Bertz CT molecular complexity index is 973. The van der Waals surface area contributed by atoms with Crippen LogP contribution in [0.4, 0.5) is 0 Å².